The van der Waals surface area contributed by atoms with Gasteiger partial charge >= 0.3 is 6.18 Å². The molecule has 2 atom stereocenters. The molecule has 0 amide bonds. The summed E-state index contributed by atoms with van der Waals surface area (Å²) in [7, 11) is -0.105. The topological polar surface area (TPSA) is 65.7 Å². The van der Waals surface area contributed by atoms with Crippen LogP contribution in [0.1, 0.15) is 39.4 Å². The van der Waals surface area contributed by atoms with Crippen molar-refractivity contribution in [2.75, 3.05) is 20.3 Å². The molecule has 2 aromatic rings. The Labute approximate surface area is 206 Å². The zero-order valence-corrected chi connectivity index (χ0v) is 22.1. The molecule has 1 heterocycles. The van der Waals surface area contributed by atoms with E-state index in [1.165, 1.54) is 20.1 Å². The number of ether oxygens (including phenoxy) is 2. The summed E-state index contributed by atoms with van der Waals surface area (Å²) in [6.07, 6.45) is -5.04. The number of rotatable bonds is 8. The van der Waals surface area contributed by atoms with Gasteiger partial charge in [0.15, 0.2) is 0 Å². The predicted octanol–water partition coefficient (Wildman–Crippen LogP) is 5.80. The molecule has 0 saturated heterocycles. The van der Waals surface area contributed by atoms with Crippen LogP contribution in [0.2, 0.25) is 25.7 Å². The summed E-state index contributed by atoms with van der Waals surface area (Å²) in [4.78, 5) is 1.04. The van der Waals surface area contributed by atoms with Crippen LogP contribution in [-0.2, 0) is 17.0 Å². The van der Waals surface area contributed by atoms with Crippen molar-refractivity contribution in [1.29, 1.82) is 5.26 Å². The van der Waals surface area contributed by atoms with E-state index >= 15 is 0 Å². The summed E-state index contributed by atoms with van der Waals surface area (Å²) in [5.74, 6) is -0.0330. The van der Waals surface area contributed by atoms with Gasteiger partial charge in [-0.1, -0.05) is 31.8 Å². The van der Waals surface area contributed by atoms with Crippen LogP contribution in [0, 0.1) is 25.2 Å². The lowest BCUT2D eigenvalue weighted by Gasteiger charge is -2.43. The van der Waals surface area contributed by atoms with Crippen molar-refractivity contribution in [2.45, 2.75) is 64.0 Å². The van der Waals surface area contributed by atoms with E-state index in [-0.39, 0.29) is 30.0 Å². The first kappa shape index (κ1) is 27.2. The van der Waals surface area contributed by atoms with Crippen LogP contribution in [0.4, 0.5) is 13.2 Å². The Balaban J connectivity index is 2.13. The van der Waals surface area contributed by atoms with Gasteiger partial charge in [0.2, 0.25) is 5.72 Å². The van der Waals surface area contributed by atoms with Crippen molar-refractivity contribution in [2.24, 2.45) is 0 Å². The van der Waals surface area contributed by atoms with E-state index in [1.807, 2.05) is 6.07 Å². The first-order chi connectivity index (χ1) is 16.2. The van der Waals surface area contributed by atoms with Gasteiger partial charge < -0.3 is 14.6 Å². The van der Waals surface area contributed by atoms with Gasteiger partial charge in [-0.2, -0.15) is 18.4 Å². The van der Waals surface area contributed by atoms with E-state index in [1.54, 1.807) is 31.2 Å². The lowest BCUT2D eigenvalue weighted by atomic mass is 9.91. The maximum atomic E-state index is 14.9. The molecule has 0 spiro atoms. The van der Waals surface area contributed by atoms with Gasteiger partial charge in [0, 0.05) is 21.2 Å². The van der Waals surface area contributed by atoms with E-state index in [0.717, 1.165) is 16.5 Å². The van der Waals surface area contributed by atoms with Crippen molar-refractivity contribution in [3.8, 4) is 11.8 Å². The second kappa shape index (κ2) is 9.94. The Morgan fingerprint density at radius 2 is 1.86 bits per heavy atom. The van der Waals surface area contributed by atoms with E-state index < -0.39 is 26.0 Å². The number of aliphatic hydroxyl groups is 1. The molecule has 1 aliphatic heterocycles. The fraction of sp³-hybridized carbons (Fsp3) is 0.500. The smallest absolute Gasteiger partial charge is 0.436 e. The lowest BCUT2D eigenvalue weighted by Crippen LogP contribution is -2.56. The third kappa shape index (κ3) is 5.41. The number of benzene rings is 2. The fourth-order valence-electron chi connectivity index (χ4n) is 4.68. The molecule has 1 N–H and O–H groups in total. The minimum Gasteiger partial charge on any atom is -0.496 e. The summed E-state index contributed by atoms with van der Waals surface area (Å²) >= 11 is 0. The number of methoxy groups -OCH3 is 1. The second-order valence-corrected chi connectivity index (χ2v) is 16.0. The maximum absolute atomic E-state index is 14.9. The summed E-state index contributed by atoms with van der Waals surface area (Å²) in [5, 5.41) is 21.0. The van der Waals surface area contributed by atoms with Gasteiger partial charge in [-0.3, -0.25) is 4.90 Å². The zero-order valence-electron chi connectivity index (χ0n) is 21.1. The summed E-state index contributed by atoms with van der Waals surface area (Å²) in [6, 6.07) is 9.97. The molecular weight excluding hydrogens is 473 g/mol. The first-order valence-electron chi connectivity index (χ1n) is 11.5. The molecule has 5 nitrogen and oxygen atoms in total. The number of fused-ring (bicyclic) bond motifs is 1. The Morgan fingerprint density at radius 1 is 1.17 bits per heavy atom. The Kier molecular flexibility index (Phi) is 7.72. The molecule has 0 fully saturated rings. The van der Waals surface area contributed by atoms with Crippen molar-refractivity contribution in [3.05, 3.63) is 63.7 Å². The summed E-state index contributed by atoms with van der Waals surface area (Å²) in [6.45, 7) is 10.1. The predicted molar refractivity (Wildman–Crippen MR) is 131 cm³/mol. The minimum absolute atomic E-state index is 0.0189. The molecule has 0 aromatic heterocycles. The van der Waals surface area contributed by atoms with Crippen LogP contribution in [0.3, 0.4) is 0 Å². The number of hydrogen-bond donors (Lipinski definition) is 1. The fourth-order valence-corrected chi connectivity index (χ4v) is 5.43. The number of alkyl halides is 3. The highest BCUT2D eigenvalue weighted by atomic mass is 28.3. The lowest BCUT2D eigenvalue weighted by molar-refractivity contribution is -0.334. The summed E-state index contributed by atoms with van der Waals surface area (Å²) < 4.78 is 55.9. The van der Waals surface area contributed by atoms with Gasteiger partial charge in [0.25, 0.3) is 0 Å². The molecule has 0 aliphatic carbocycles. The second-order valence-electron chi connectivity index (χ2n) is 10.4. The normalized spacial score (nSPS) is 18.1. The zero-order chi connectivity index (χ0) is 26.2. The average molecular weight is 507 g/mol. The van der Waals surface area contributed by atoms with Crippen LogP contribution in [0.25, 0.3) is 0 Å². The molecule has 190 valence electrons. The Hall–Kier alpha value is -2.38. The molecule has 35 heavy (non-hydrogen) atoms. The van der Waals surface area contributed by atoms with E-state index in [2.05, 4.69) is 19.6 Å². The summed E-state index contributed by atoms with van der Waals surface area (Å²) in [5.41, 5.74) is -1.15. The Bertz CT molecular complexity index is 1120. The van der Waals surface area contributed by atoms with E-state index in [9.17, 15) is 23.5 Å². The van der Waals surface area contributed by atoms with E-state index in [0.29, 0.717) is 23.3 Å². The molecule has 0 saturated carbocycles. The average Bonchev–Trinajstić information content (AvgIpc) is 3.12. The number of aryl methyl sites for hydroxylation is 2. The number of hydrogen-bond acceptors (Lipinski definition) is 5. The van der Waals surface area contributed by atoms with Gasteiger partial charge in [-0.25, -0.2) is 0 Å². The molecule has 0 radical (unpaired) electrons. The highest BCUT2D eigenvalue weighted by Gasteiger charge is 2.63. The van der Waals surface area contributed by atoms with Crippen molar-refractivity contribution in [1.82, 2.24) is 4.90 Å². The highest BCUT2D eigenvalue weighted by Crippen LogP contribution is 2.52. The minimum atomic E-state index is -5.04. The molecule has 3 rings (SSSR count). The molecular formula is C26H33F3N2O3Si. The number of halogens is 3. The van der Waals surface area contributed by atoms with Crippen LogP contribution < -0.4 is 4.74 Å². The molecule has 2 aromatic carbocycles. The SMILES string of the molecule is COc1cc(C)cc(C)c1C(O)(N1Cc2cc(C#N)ccc2C1COCC[Si](C)(C)C)C(F)(F)F. The number of nitrogens with zero attached hydrogens (tertiary/aromatic N) is 2. The quantitative estimate of drug-likeness (QED) is 0.362. The van der Waals surface area contributed by atoms with Crippen LogP contribution in [0.5, 0.6) is 5.75 Å². The molecule has 9 heteroatoms. The van der Waals surface area contributed by atoms with Crippen LogP contribution in [0.15, 0.2) is 30.3 Å². The van der Waals surface area contributed by atoms with Crippen LogP contribution >= 0.6 is 0 Å². The third-order valence-corrected chi connectivity index (χ3v) is 8.15. The van der Waals surface area contributed by atoms with Crippen molar-refractivity contribution < 1.29 is 27.8 Å². The molecule has 0 bridgehead atoms. The van der Waals surface area contributed by atoms with Gasteiger partial charge in [0.05, 0.1) is 37.0 Å². The van der Waals surface area contributed by atoms with Crippen LogP contribution in [-0.4, -0.2) is 44.6 Å². The number of nitriles is 1. The monoisotopic (exact) mass is 506 g/mol. The van der Waals surface area contributed by atoms with Crippen molar-refractivity contribution in [3.63, 3.8) is 0 Å². The van der Waals surface area contributed by atoms with Crippen molar-refractivity contribution >= 4 is 8.07 Å². The van der Waals surface area contributed by atoms with Gasteiger partial charge in [-0.05, 0) is 60.3 Å². The highest BCUT2D eigenvalue weighted by molar-refractivity contribution is 6.76. The first-order valence-corrected chi connectivity index (χ1v) is 15.3. The molecule has 2 unspecified atom stereocenters. The third-order valence-electron chi connectivity index (χ3n) is 6.44. The van der Waals surface area contributed by atoms with Gasteiger partial charge in [-0.15, -0.1) is 0 Å². The molecule has 1 aliphatic rings. The van der Waals surface area contributed by atoms with Gasteiger partial charge in [0.1, 0.15) is 5.75 Å². The largest absolute Gasteiger partial charge is 0.496 e. The standard InChI is InChI=1S/C26H33F3N2O3Si/c1-17-11-18(2)24(23(12-17)33-3)25(32,26(27,28)29)31-15-20-13-19(14-30)7-8-21(20)22(31)16-34-9-10-35(4,5)6/h7-8,11-13,22,32H,9-10,15-16H2,1-6H3. The Morgan fingerprint density at radius 3 is 2.43 bits per heavy atom. The maximum Gasteiger partial charge on any atom is 0.436 e. The van der Waals surface area contributed by atoms with E-state index in [4.69, 9.17) is 9.47 Å².